The second kappa shape index (κ2) is 6.52. The van der Waals surface area contributed by atoms with Crippen LogP contribution < -0.4 is 0 Å². The third kappa shape index (κ3) is 4.12. The normalized spacial score (nSPS) is 13.6. The van der Waals surface area contributed by atoms with Crippen LogP contribution in [0.3, 0.4) is 0 Å². The number of aliphatic hydroxyl groups is 1. The van der Waals surface area contributed by atoms with Crippen LogP contribution in [0.2, 0.25) is 0 Å². The highest BCUT2D eigenvalue weighted by Crippen LogP contribution is 2.26. The van der Waals surface area contributed by atoms with Gasteiger partial charge in [0.05, 0.1) is 0 Å². The summed E-state index contributed by atoms with van der Waals surface area (Å²) in [6.07, 6.45) is -1.13. The molecule has 0 aliphatic carbocycles. The molecule has 2 aromatic carbocycles. The first-order valence-electron chi connectivity index (χ1n) is 8.43. The Hall–Kier alpha value is -1.93. The third-order valence-electron chi connectivity index (χ3n) is 4.38. The minimum atomic E-state index is -1.13. The van der Waals surface area contributed by atoms with Gasteiger partial charge >= 0.3 is 0 Å². The third-order valence-corrected chi connectivity index (χ3v) is 4.38. The Balaban J connectivity index is 2.20. The molecule has 0 aromatic heterocycles. The molecule has 0 unspecified atom stereocenters. The maximum atomic E-state index is 12.5. The molecule has 0 heterocycles. The summed E-state index contributed by atoms with van der Waals surface area (Å²) in [5, 5.41) is 10.4. The maximum absolute atomic E-state index is 12.5. The lowest BCUT2D eigenvalue weighted by Crippen LogP contribution is -2.15. The van der Waals surface area contributed by atoms with E-state index in [1.165, 1.54) is 11.1 Å². The first-order valence-corrected chi connectivity index (χ1v) is 8.43. The van der Waals surface area contributed by atoms with Gasteiger partial charge in [-0.25, -0.2) is 0 Å². The minimum absolute atomic E-state index is 0.0446. The number of carbonyl (C=O) groups is 1. The summed E-state index contributed by atoms with van der Waals surface area (Å²) in [7, 11) is 0. The van der Waals surface area contributed by atoms with E-state index in [1.807, 2.05) is 36.4 Å². The van der Waals surface area contributed by atoms with Crippen LogP contribution >= 0.6 is 0 Å². The zero-order valence-corrected chi connectivity index (χ0v) is 15.6. The van der Waals surface area contributed by atoms with E-state index in [4.69, 9.17) is 0 Å². The highest BCUT2D eigenvalue weighted by molar-refractivity contribution is 5.99. The average molecular weight is 324 g/mol. The highest BCUT2D eigenvalue weighted by Gasteiger charge is 2.21. The minimum Gasteiger partial charge on any atom is -0.380 e. The number of ketones is 1. The lowest BCUT2D eigenvalue weighted by molar-refractivity contribution is 0.0747. The summed E-state index contributed by atoms with van der Waals surface area (Å²) in [6, 6.07) is 15.2. The van der Waals surface area contributed by atoms with Crippen molar-refractivity contribution in [3.63, 3.8) is 0 Å². The van der Waals surface area contributed by atoms with E-state index in [0.717, 1.165) is 0 Å². The summed E-state index contributed by atoms with van der Waals surface area (Å²) in [4.78, 5) is 12.5. The number of hydrogen-bond acceptors (Lipinski definition) is 2. The molecular formula is C22H28O2. The van der Waals surface area contributed by atoms with Crippen LogP contribution in [0, 0.1) is 0 Å². The molecule has 0 bridgehead atoms. The van der Waals surface area contributed by atoms with E-state index < -0.39 is 6.10 Å². The van der Waals surface area contributed by atoms with Crippen LogP contribution in [0.15, 0.2) is 48.5 Å². The van der Waals surface area contributed by atoms with Crippen LogP contribution in [0.5, 0.6) is 0 Å². The zero-order chi connectivity index (χ0) is 18.1. The van der Waals surface area contributed by atoms with Gasteiger partial charge in [0, 0.05) is 5.56 Å². The smallest absolute Gasteiger partial charge is 0.195 e. The fourth-order valence-electron chi connectivity index (χ4n) is 2.61. The van der Waals surface area contributed by atoms with Crippen molar-refractivity contribution in [3.8, 4) is 0 Å². The summed E-state index contributed by atoms with van der Waals surface area (Å²) >= 11 is 0. The molecule has 2 nitrogen and oxygen atoms in total. The molecule has 2 aromatic rings. The standard InChI is InChI=1S/C22H28O2/c1-21(2,3)17-11-7-15(8-12-17)19(23)20(24)16-9-13-18(14-10-16)22(4,5)6/h7-14,19,23H,1-6H3/t19-/m1/s1. The second-order valence-electron chi connectivity index (χ2n) is 8.47. The monoisotopic (exact) mass is 324 g/mol. The van der Waals surface area contributed by atoms with Crippen molar-refractivity contribution in [1.82, 2.24) is 0 Å². The van der Waals surface area contributed by atoms with Gasteiger partial charge in [-0.2, -0.15) is 0 Å². The van der Waals surface area contributed by atoms with Crippen molar-refractivity contribution in [2.75, 3.05) is 0 Å². The number of carbonyl (C=O) groups excluding carboxylic acids is 1. The summed E-state index contributed by atoms with van der Waals surface area (Å²) in [5.74, 6) is -0.265. The highest BCUT2D eigenvalue weighted by atomic mass is 16.3. The average Bonchev–Trinajstić information content (AvgIpc) is 2.52. The van der Waals surface area contributed by atoms with Crippen LogP contribution in [0.1, 0.15) is 74.7 Å². The predicted molar refractivity (Wildman–Crippen MR) is 99.6 cm³/mol. The molecule has 2 heteroatoms. The topological polar surface area (TPSA) is 37.3 Å². The van der Waals surface area contributed by atoms with Gasteiger partial charge < -0.3 is 5.11 Å². The molecule has 0 fully saturated rings. The zero-order valence-electron chi connectivity index (χ0n) is 15.6. The Morgan fingerprint density at radius 3 is 1.50 bits per heavy atom. The quantitative estimate of drug-likeness (QED) is 0.788. The molecular weight excluding hydrogens is 296 g/mol. The SMILES string of the molecule is CC(C)(C)c1ccc(C(=O)[C@H](O)c2ccc(C(C)(C)C)cc2)cc1. The van der Waals surface area contributed by atoms with Crippen molar-refractivity contribution >= 4 is 5.78 Å². The molecule has 0 saturated carbocycles. The largest absolute Gasteiger partial charge is 0.380 e. The van der Waals surface area contributed by atoms with Crippen LogP contribution in [-0.4, -0.2) is 10.9 Å². The van der Waals surface area contributed by atoms with Gasteiger partial charge in [0.2, 0.25) is 0 Å². The van der Waals surface area contributed by atoms with Crippen molar-refractivity contribution in [1.29, 1.82) is 0 Å². The maximum Gasteiger partial charge on any atom is 0.195 e. The van der Waals surface area contributed by atoms with E-state index in [2.05, 4.69) is 41.5 Å². The van der Waals surface area contributed by atoms with Gasteiger partial charge in [-0.05, 0) is 27.5 Å². The van der Waals surface area contributed by atoms with Crippen LogP contribution in [0.25, 0.3) is 0 Å². The van der Waals surface area contributed by atoms with Crippen LogP contribution in [0.4, 0.5) is 0 Å². The number of benzene rings is 2. The molecule has 24 heavy (non-hydrogen) atoms. The number of rotatable bonds is 3. The molecule has 1 atom stereocenters. The molecule has 0 spiro atoms. The summed E-state index contributed by atoms with van der Waals surface area (Å²) in [5.41, 5.74) is 3.62. The lowest BCUT2D eigenvalue weighted by atomic mass is 9.85. The molecule has 0 radical (unpaired) electrons. The van der Waals surface area contributed by atoms with Gasteiger partial charge in [-0.3, -0.25) is 4.79 Å². The number of aliphatic hydroxyl groups excluding tert-OH is 1. The molecule has 1 N–H and O–H groups in total. The fraction of sp³-hybridized carbons (Fsp3) is 0.409. The van der Waals surface area contributed by atoms with Crippen LogP contribution in [-0.2, 0) is 10.8 Å². The molecule has 0 aliphatic heterocycles. The van der Waals surface area contributed by atoms with Gasteiger partial charge in [0.1, 0.15) is 6.10 Å². The van der Waals surface area contributed by atoms with Gasteiger partial charge in [0.15, 0.2) is 5.78 Å². The van der Waals surface area contributed by atoms with Crippen molar-refractivity contribution in [2.45, 2.75) is 58.5 Å². The molecule has 0 saturated heterocycles. The van der Waals surface area contributed by atoms with E-state index in [9.17, 15) is 9.90 Å². The van der Waals surface area contributed by atoms with E-state index in [1.54, 1.807) is 12.1 Å². The Morgan fingerprint density at radius 2 is 1.12 bits per heavy atom. The lowest BCUT2D eigenvalue weighted by Gasteiger charge is -2.20. The van der Waals surface area contributed by atoms with Crippen molar-refractivity contribution < 1.29 is 9.90 Å². The molecule has 0 aliphatic rings. The first-order chi connectivity index (χ1) is 11.0. The summed E-state index contributed by atoms with van der Waals surface area (Å²) in [6.45, 7) is 12.8. The molecule has 0 amide bonds. The Morgan fingerprint density at radius 1 is 0.750 bits per heavy atom. The first kappa shape index (κ1) is 18.4. The van der Waals surface area contributed by atoms with Gasteiger partial charge in [0.25, 0.3) is 0 Å². The van der Waals surface area contributed by atoms with Crippen molar-refractivity contribution in [3.05, 3.63) is 70.8 Å². The van der Waals surface area contributed by atoms with E-state index in [-0.39, 0.29) is 16.6 Å². The van der Waals surface area contributed by atoms with Crippen molar-refractivity contribution in [2.24, 2.45) is 0 Å². The van der Waals surface area contributed by atoms with Gasteiger partial charge in [-0.1, -0.05) is 90.1 Å². The van der Waals surface area contributed by atoms with E-state index in [0.29, 0.717) is 11.1 Å². The number of Topliss-reactive ketones (excluding diaryl/α,β-unsaturated/α-hetero) is 1. The fourth-order valence-corrected chi connectivity index (χ4v) is 2.61. The Bertz CT molecular complexity index is 696. The molecule has 128 valence electrons. The van der Waals surface area contributed by atoms with Gasteiger partial charge in [-0.15, -0.1) is 0 Å². The number of hydrogen-bond donors (Lipinski definition) is 1. The predicted octanol–water partition coefficient (Wildman–Crippen LogP) is 5.20. The van der Waals surface area contributed by atoms with E-state index >= 15 is 0 Å². The Kier molecular flexibility index (Phi) is 5.00. The summed E-state index contributed by atoms with van der Waals surface area (Å²) < 4.78 is 0. The second-order valence-corrected chi connectivity index (χ2v) is 8.47. The molecule has 2 rings (SSSR count). The Labute approximate surface area is 145 Å².